The van der Waals surface area contributed by atoms with E-state index in [0.717, 1.165) is 0 Å². The van der Waals surface area contributed by atoms with Gasteiger partial charge in [-0.1, -0.05) is 0 Å². The van der Waals surface area contributed by atoms with Crippen LogP contribution >= 0.6 is 0 Å². The van der Waals surface area contributed by atoms with E-state index in [4.69, 9.17) is 14.4 Å². The molecule has 0 aromatic carbocycles. The zero-order valence-electron chi connectivity index (χ0n) is 5.61. The summed E-state index contributed by atoms with van der Waals surface area (Å²) in [4.78, 5) is 0. The molecule has 3 N–H and O–H groups in total. The quantitative estimate of drug-likeness (QED) is 0.448. The van der Waals surface area contributed by atoms with Crippen LogP contribution in [0.5, 0.6) is 0 Å². The van der Waals surface area contributed by atoms with E-state index in [1.165, 1.54) is 7.11 Å². The van der Waals surface area contributed by atoms with Gasteiger partial charge in [-0.25, -0.2) is 8.93 Å². The maximum atomic E-state index is 10.00. The van der Waals surface area contributed by atoms with Gasteiger partial charge in [-0.15, -0.1) is 0 Å². The SMILES string of the molecule is COC(CO)CNS(=O)O. The lowest BCUT2D eigenvalue weighted by atomic mass is 10.4. The largest absolute Gasteiger partial charge is 0.394 e. The van der Waals surface area contributed by atoms with Crippen molar-refractivity contribution in [2.45, 2.75) is 6.10 Å². The van der Waals surface area contributed by atoms with Crippen LogP contribution in [0.15, 0.2) is 0 Å². The molecular formula is C4H11NO4S. The molecule has 10 heavy (non-hydrogen) atoms. The second-order valence-corrected chi connectivity index (χ2v) is 2.42. The summed E-state index contributed by atoms with van der Waals surface area (Å²) in [5.74, 6) is 0. The third kappa shape index (κ3) is 4.83. The number of rotatable bonds is 5. The Kier molecular flexibility index (Phi) is 5.74. The van der Waals surface area contributed by atoms with Crippen LogP contribution in [0.4, 0.5) is 0 Å². The van der Waals surface area contributed by atoms with Crippen LogP contribution in [0.3, 0.4) is 0 Å². The summed E-state index contributed by atoms with van der Waals surface area (Å²) in [5, 5.41) is 8.49. The highest BCUT2D eigenvalue weighted by Crippen LogP contribution is 1.84. The molecule has 6 heteroatoms. The number of nitrogens with one attached hydrogen (secondary N) is 1. The summed E-state index contributed by atoms with van der Waals surface area (Å²) in [6, 6.07) is 0. The molecule has 2 unspecified atom stereocenters. The Morgan fingerprint density at radius 3 is 2.70 bits per heavy atom. The second kappa shape index (κ2) is 5.75. The van der Waals surface area contributed by atoms with Crippen molar-refractivity contribution < 1.29 is 18.6 Å². The minimum Gasteiger partial charge on any atom is -0.394 e. The molecule has 0 heterocycles. The third-order valence-corrected chi connectivity index (χ3v) is 1.39. The highest BCUT2D eigenvalue weighted by molar-refractivity contribution is 7.77. The molecule has 0 aromatic rings. The van der Waals surface area contributed by atoms with Crippen molar-refractivity contribution in [1.82, 2.24) is 4.72 Å². The van der Waals surface area contributed by atoms with E-state index in [1.807, 2.05) is 0 Å². The van der Waals surface area contributed by atoms with Gasteiger partial charge in [0, 0.05) is 13.7 Å². The Bertz CT molecular complexity index is 105. The van der Waals surface area contributed by atoms with E-state index >= 15 is 0 Å². The first-order valence-corrected chi connectivity index (χ1v) is 3.79. The summed E-state index contributed by atoms with van der Waals surface area (Å²) >= 11 is -2.03. The minimum atomic E-state index is -2.03. The highest BCUT2D eigenvalue weighted by atomic mass is 32.2. The predicted octanol–water partition coefficient (Wildman–Crippen LogP) is -1.28. The van der Waals surface area contributed by atoms with E-state index in [1.54, 1.807) is 0 Å². The smallest absolute Gasteiger partial charge is 0.231 e. The zero-order chi connectivity index (χ0) is 7.98. The van der Waals surface area contributed by atoms with E-state index < -0.39 is 17.4 Å². The standard InChI is InChI=1S/C4H11NO4S/c1-9-4(3-6)2-5-10(7)8/h4-6H,2-3H2,1H3,(H,7,8). The Balaban J connectivity index is 3.34. The fraction of sp³-hybridized carbons (Fsp3) is 1.00. The maximum absolute atomic E-state index is 10.00. The summed E-state index contributed by atoms with van der Waals surface area (Å²) in [7, 11) is 1.42. The molecule has 0 fully saturated rings. The molecule has 5 nitrogen and oxygen atoms in total. The van der Waals surface area contributed by atoms with Gasteiger partial charge in [0.25, 0.3) is 0 Å². The molecular weight excluding hydrogens is 158 g/mol. The lowest BCUT2D eigenvalue weighted by Gasteiger charge is -2.10. The van der Waals surface area contributed by atoms with Crippen LogP contribution in [-0.4, -0.2) is 40.2 Å². The fourth-order valence-corrected chi connectivity index (χ4v) is 0.715. The number of hydrogen-bond donors (Lipinski definition) is 3. The Morgan fingerprint density at radius 2 is 2.40 bits per heavy atom. The topological polar surface area (TPSA) is 78.8 Å². The van der Waals surface area contributed by atoms with Crippen molar-refractivity contribution in [3.63, 3.8) is 0 Å². The van der Waals surface area contributed by atoms with Gasteiger partial charge < -0.3 is 9.84 Å². The van der Waals surface area contributed by atoms with E-state index in [2.05, 4.69) is 4.72 Å². The minimum absolute atomic E-state index is 0.163. The Labute approximate surface area is 61.8 Å². The number of aliphatic hydroxyl groups is 1. The van der Waals surface area contributed by atoms with Crippen LogP contribution in [0, 0.1) is 0 Å². The Hall–Kier alpha value is -0.0100. The molecule has 0 aliphatic rings. The van der Waals surface area contributed by atoms with Crippen LogP contribution < -0.4 is 4.72 Å². The van der Waals surface area contributed by atoms with Crippen molar-refractivity contribution in [3.05, 3.63) is 0 Å². The molecule has 0 radical (unpaired) electrons. The number of methoxy groups -OCH3 is 1. The molecule has 0 spiro atoms. The van der Waals surface area contributed by atoms with Gasteiger partial charge >= 0.3 is 0 Å². The Morgan fingerprint density at radius 1 is 1.80 bits per heavy atom. The molecule has 0 bridgehead atoms. The lowest BCUT2D eigenvalue weighted by molar-refractivity contribution is 0.0528. The van der Waals surface area contributed by atoms with Crippen LogP contribution in [0.1, 0.15) is 0 Å². The van der Waals surface area contributed by atoms with Crippen LogP contribution in [0.2, 0.25) is 0 Å². The normalized spacial score (nSPS) is 16.7. The summed E-state index contributed by atoms with van der Waals surface area (Å²) < 4.78 is 25.1. The predicted molar refractivity (Wildman–Crippen MR) is 36.7 cm³/mol. The highest BCUT2D eigenvalue weighted by Gasteiger charge is 2.04. The molecule has 2 atom stereocenters. The van der Waals surface area contributed by atoms with Gasteiger partial charge in [0.05, 0.1) is 12.7 Å². The molecule has 0 aliphatic heterocycles. The number of hydrogen-bond acceptors (Lipinski definition) is 3. The lowest BCUT2D eigenvalue weighted by Crippen LogP contribution is -2.31. The van der Waals surface area contributed by atoms with E-state index in [9.17, 15) is 4.21 Å². The second-order valence-electron chi connectivity index (χ2n) is 1.64. The maximum Gasteiger partial charge on any atom is 0.231 e. The van der Waals surface area contributed by atoms with Gasteiger partial charge in [0.1, 0.15) is 0 Å². The molecule has 0 aliphatic carbocycles. The summed E-state index contributed by atoms with van der Waals surface area (Å²) in [5.41, 5.74) is 0. The molecule has 62 valence electrons. The van der Waals surface area contributed by atoms with Crippen molar-refractivity contribution >= 4 is 11.3 Å². The number of aliphatic hydroxyl groups excluding tert-OH is 1. The van der Waals surface area contributed by atoms with Gasteiger partial charge in [0.2, 0.25) is 11.3 Å². The molecule has 0 saturated carbocycles. The first kappa shape index (κ1) is 9.99. The molecule has 0 rings (SSSR count). The average molecular weight is 169 g/mol. The molecule has 0 saturated heterocycles. The van der Waals surface area contributed by atoms with E-state index in [-0.39, 0.29) is 13.2 Å². The number of ether oxygens (including phenoxy) is 1. The van der Waals surface area contributed by atoms with Crippen LogP contribution in [-0.2, 0) is 16.0 Å². The molecule has 0 aromatic heterocycles. The molecule has 0 amide bonds. The summed E-state index contributed by atoms with van der Waals surface area (Å²) in [6.07, 6.45) is -0.420. The van der Waals surface area contributed by atoms with E-state index in [0.29, 0.717) is 0 Å². The fourth-order valence-electron chi connectivity index (χ4n) is 0.387. The first-order valence-electron chi connectivity index (χ1n) is 2.68. The first-order chi connectivity index (χ1) is 4.70. The van der Waals surface area contributed by atoms with Gasteiger partial charge in [-0.2, -0.15) is 0 Å². The van der Waals surface area contributed by atoms with Crippen molar-refractivity contribution in [3.8, 4) is 0 Å². The van der Waals surface area contributed by atoms with Crippen LogP contribution in [0.25, 0.3) is 0 Å². The van der Waals surface area contributed by atoms with Gasteiger partial charge in [-0.3, -0.25) is 4.55 Å². The van der Waals surface area contributed by atoms with Crippen molar-refractivity contribution in [1.29, 1.82) is 0 Å². The zero-order valence-corrected chi connectivity index (χ0v) is 6.43. The van der Waals surface area contributed by atoms with Crippen molar-refractivity contribution in [2.75, 3.05) is 20.3 Å². The van der Waals surface area contributed by atoms with Gasteiger partial charge in [0.15, 0.2) is 0 Å². The van der Waals surface area contributed by atoms with Crippen molar-refractivity contribution in [2.24, 2.45) is 0 Å². The average Bonchev–Trinajstić information content (AvgIpc) is 1.90. The third-order valence-electron chi connectivity index (χ3n) is 0.971. The summed E-state index contributed by atoms with van der Waals surface area (Å²) in [6.45, 7) is -0.00316. The monoisotopic (exact) mass is 169 g/mol. The van der Waals surface area contributed by atoms with Gasteiger partial charge in [-0.05, 0) is 0 Å².